The molecule has 0 saturated heterocycles. The maximum absolute atomic E-state index is 8.58. The van der Waals surface area contributed by atoms with Crippen LogP contribution in [-0.2, 0) is 0 Å². The number of nitrogens with zero attached hydrogens (tertiary/aromatic N) is 3. The van der Waals surface area contributed by atoms with E-state index in [-0.39, 0.29) is 0 Å². The molecule has 0 aliphatic carbocycles. The van der Waals surface area contributed by atoms with Crippen molar-refractivity contribution in [2.24, 2.45) is 5.11 Å². The van der Waals surface area contributed by atoms with Gasteiger partial charge in [0.2, 0.25) is 0 Å². The Morgan fingerprint density at radius 3 is 2.42 bits per heavy atom. The SMILES string of the molecule is CCCCOc1cccc(N=[N+]=[N-])c1OCCCC. The summed E-state index contributed by atoms with van der Waals surface area (Å²) in [6.07, 6.45) is 4.07. The lowest BCUT2D eigenvalue weighted by atomic mass is 10.2. The molecule has 0 heterocycles. The molecule has 0 spiro atoms. The first-order chi connectivity index (χ1) is 9.33. The van der Waals surface area contributed by atoms with Crippen molar-refractivity contribution < 1.29 is 9.47 Å². The fourth-order valence-corrected chi connectivity index (χ4v) is 1.53. The van der Waals surface area contributed by atoms with E-state index in [0.717, 1.165) is 25.7 Å². The van der Waals surface area contributed by atoms with E-state index in [1.807, 2.05) is 6.07 Å². The van der Waals surface area contributed by atoms with Crippen molar-refractivity contribution in [3.63, 3.8) is 0 Å². The van der Waals surface area contributed by atoms with Gasteiger partial charge in [0.25, 0.3) is 0 Å². The predicted octanol–water partition coefficient (Wildman–Crippen LogP) is 4.99. The van der Waals surface area contributed by atoms with Gasteiger partial charge in [-0.25, -0.2) is 0 Å². The van der Waals surface area contributed by atoms with Gasteiger partial charge >= 0.3 is 0 Å². The number of ether oxygens (including phenoxy) is 2. The standard InChI is InChI=1S/C14H21N3O2/c1-3-5-10-18-13-9-7-8-12(16-17-15)14(13)19-11-6-4-2/h7-9H,3-6,10-11H2,1-2H3. The molecule has 0 fully saturated rings. The van der Waals surface area contributed by atoms with Gasteiger partial charge in [-0.1, -0.05) is 37.9 Å². The van der Waals surface area contributed by atoms with E-state index < -0.39 is 0 Å². The average Bonchev–Trinajstić information content (AvgIpc) is 2.42. The van der Waals surface area contributed by atoms with E-state index in [9.17, 15) is 0 Å². The molecule has 1 aromatic rings. The summed E-state index contributed by atoms with van der Waals surface area (Å²) in [6, 6.07) is 5.37. The van der Waals surface area contributed by atoms with Crippen molar-refractivity contribution >= 4 is 5.69 Å². The molecule has 0 radical (unpaired) electrons. The Bertz CT molecular complexity index is 429. The summed E-state index contributed by atoms with van der Waals surface area (Å²) >= 11 is 0. The van der Waals surface area contributed by atoms with Crippen molar-refractivity contribution in [2.75, 3.05) is 13.2 Å². The van der Waals surface area contributed by atoms with Gasteiger partial charge in [0, 0.05) is 4.91 Å². The van der Waals surface area contributed by atoms with Gasteiger partial charge in [-0.3, -0.25) is 0 Å². The molecule has 0 atom stereocenters. The fourth-order valence-electron chi connectivity index (χ4n) is 1.53. The van der Waals surface area contributed by atoms with E-state index in [1.54, 1.807) is 12.1 Å². The van der Waals surface area contributed by atoms with Gasteiger partial charge in [-0.2, -0.15) is 0 Å². The lowest BCUT2D eigenvalue weighted by Crippen LogP contribution is -2.02. The van der Waals surface area contributed by atoms with Crippen LogP contribution in [0.5, 0.6) is 11.5 Å². The highest BCUT2D eigenvalue weighted by molar-refractivity contribution is 5.59. The molecule has 0 aliphatic heterocycles. The molecule has 0 unspecified atom stereocenters. The minimum Gasteiger partial charge on any atom is -0.490 e. The first kappa shape index (κ1) is 15.2. The molecule has 19 heavy (non-hydrogen) atoms. The zero-order chi connectivity index (χ0) is 13.9. The second-order valence-electron chi connectivity index (χ2n) is 4.20. The van der Waals surface area contributed by atoms with Gasteiger partial charge in [-0.05, 0) is 30.5 Å². The highest BCUT2D eigenvalue weighted by Gasteiger charge is 2.10. The maximum atomic E-state index is 8.58. The lowest BCUT2D eigenvalue weighted by Gasteiger charge is -2.14. The van der Waals surface area contributed by atoms with Crippen LogP contribution in [0.15, 0.2) is 23.3 Å². The van der Waals surface area contributed by atoms with Crippen molar-refractivity contribution in [1.82, 2.24) is 0 Å². The topological polar surface area (TPSA) is 67.2 Å². The Kier molecular flexibility index (Phi) is 7.28. The van der Waals surface area contributed by atoms with Crippen molar-refractivity contribution in [3.8, 4) is 11.5 Å². The molecule has 0 bridgehead atoms. The Labute approximate surface area is 114 Å². The van der Waals surface area contributed by atoms with Gasteiger partial charge in [0.05, 0.1) is 18.9 Å². The molecule has 0 amide bonds. The van der Waals surface area contributed by atoms with E-state index in [2.05, 4.69) is 23.9 Å². The minimum atomic E-state index is 0.479. The fraction of sp³-hybridized carbons (Fsp3) is 0.571. The molecule has 5 nitrogen and oxygen atoms in total. The Morgan fingerprint density at radius 1 is 1.11 bits per heavy atom. The number of unbranched alkanes of at least 4 members (excludes halogenated alkanes) is 2. The Hall–Kier alpha value is -1.87. The third-order valence-electron chi connectivity index (χ3n) is 2.61. The van der Waals surface area contributed by atoms with Crippen LogP contribution in [0, 0.1) is 0 Å². The van der Waals surface area contributed by atoms with Crippen molar-refractivity contribution in [3.05, 3.63) is 28.6 Å². The van der Waals surface area contributed by atoms with Crippen LogP contribution in [0.25, 0.3) is 10.4 Å². The number of rotatable bonds is 9. The summed E-state index contributed by atoms with van der Waals surface area (Å²) in [5, 5.41) is 3.65. The molecule has 1 rings (SSSR count). The van der Waals surface area contributed by atoms with Crippen LogP contribution < -0.4 is 9.47 Å². The lowest BCUT2D eigenvalue weighted by molar-refractivity contribution is 0.263. The number of hydrogen-bond donors (Lipinski definition) is 0. The van der Waals surface area contributed by atoms with Crippen molar-refractivity contribution in [1.29, 1.82) is 0 Å². The summed E-state index contributed by atoms with van der Waals surface area (Å²) in [7, 11) is 0. The third-order valence-corrected chi connectivity index (χ3v) is 2.61. The number of para-hydroxylation sites is 1. The largest absolute Gasteiger partial charge is 0.490 e. The first-order valence-electron chi connectivity index (χ1n) is 6.77. The van der Waals surface area contributed by atoms with E-state index in [0.29, 0.717) is 30.4 Å². The first-order valence-corrected chi connectivity index (χ1v) is 6.77. The smallest absolute Gasteiger partial charge is 0.170 e. The number of benzene rings is 1. The molecule has 0 aliphatic rings. The molecule has 0 saturated carbocycles. The average molecular weight is 263 g/mol. The highest BCUT2D eigenvalue weighted by Crippen LogP contribution is 2.37. The molecular formula is C14H21N3O2. The van der Waals surface area contributed by atoms with Gasteiger partial charge in [-0.15, -0.1) is 0 Å². The van der Waals surface area contributed by atoms with Crippen LogP contribution in [-0.4, -0.2) is 13.2 Å². The minimum absolute atomic E-state index is 0.479. The number of azide groups is 1. The number of hydrogen-bond acceptors (Lipinski definition) is 3. The quantitative estimate of drug-likeness (QED) is 0.273. The summed E-state index contributed by atoms with van der Waals surface area (Å²) < 4.78 is 11.4. The molecule has 5 heteroatoms. The second-order valence-corrected chi connectivity index (χ2v) is 4.20. The van der Waals surface area contributed by atoms with E-state index in [1.165, 1.54) is 0 Å². The second kappa shape index (κ2) is 9.11. The molecule has 0 aromatic heterocycles. The summed E-state index contributed by atoms with van der Waals surface area (Å²) in [5.41, 5.74) is 9.06. The van der Waals surface area contributed by atoms with Crippen LogP contribution in [0.3, 0.4) is 0 Å². The van der Waals surface area contributed by atoms with Gasteiger partial charge in [0.15, 0.2) is 11.5 Å². The third kappa shape index (κ3) is 5.10. The Balaban J connectivity index is 2.86. The molecular weight excluding hydrogens is 242 g/mol. The van der Waals surface area contributed by atoms with E-state index in [4.69, 9.17) is 15.0 Å². The zero-order valence-electron chi connectivity index (χ0n) is 11.6. The van der Waals surface area contributed by atoms with Crippen LogP contribution in [0.1, 0.15) is 39.5 Å². The Morgan fingerprint density at radius 2 is 1.79 bits per heavy atom. The molecule has 104 valence electrons. The molecule has 0 N–H and O–H groups in total. The summed E-state index contributed by atoms with van der Waals surface area (Å²) in [4.78, 5) is 2.82. The van der Waals surface area contributed by atoms with Gasteiger partial charge in [0.1, 0.15) is 0 Å². The highest BCUT2D eigenvalue weighted by atomic mass is 16.5. The molecule has 1 aromatic carbocycles. The summed E-state index contributed by atoms with van der Waals surface area (Å²) in [6.45, 7) is 5.44. The van der Waals surface area contributed by atoms with Crippen molar-refractivity contribution in [2.45, 2.75) is 39.5 Å². The predicted molar refractivity (Wildman–Crippen MR) is 76.1 cm³/mol. The zero-order valence-corrected chi connectivity index (χ0v) is 11.6. The van der Waals surface area contributed by atoms with E-state index >= 15 is 0 Å². The van der Waals surface area contributed by atoms with Crippen LogP contribution >= 0.6 is 0 Å². The van der Waals surface area contributed by atoms with Gasteiger partial charge < -0.3 is 9.47 Å². The summed E-state index contributed by atoms with van der Waals surface area (Å²) in [5.74, 6) is 1.19. The maximum Gasteiger partial charge on any atom is 0.170 e. The van der Waals surface area contributed by atoms with Crippen LogP contribution in [0.2, 0.25) is 0 Å². The normalized spacial score (nSPS) is 9.79. The monoisotopic (exact) mass is 263 g/mol. The van der Waals surface area contributed by atoms with Crippen LogP contribution in [0.4, 0.5) is 5.69 Å².